The zero-order chi connectivity index (χ0) is 20.3. The number of piperidine rings is 1. The first-order valence-electron chi connectivity index (χ1n) is 9.24. The zero-order valence-electron chi connectivity index (χ0n) is 16.0. The molecule has 0 atom stereocenters. The molecule has 3 rings (SSSR count). The summed E-state index contributed by atoms with van der Waals surface area (Å²) in [5.74, 6) is -1.13. The van der Waals surface area contributed by atoms with Crippen molar-refractivity contribution in [2.24, 2.45) is 0 Å². The second-order valence-corrected chi connectivity index (χ2v) is 7.49. The predicted molar refractivity (Wildman–Crippen MR) is 110 cm³/mol. The molecule has 1 aliphatic heterocycles. The van der Waals surface area contributed by atoms with Crippen molar-refractivity contribution in [2.75, 3.05) is 37.4 Å². The lowest BCUT2D eigenvalue weighted by Gasteiger charge is -2.27. The third kappa shape index (κ3) is 4.44. The van der Waals surface area contributed by atoms with Crippen molar-refractivity contribution in [3.05, 3.63) is 58.4 Å². The summed E-state index contributed by atoms with van der Waals surface area (Å²) in [6.45, 7) is 1.40. The maximum Gasteiger partial charge on any atom is 0.255 e. The molecule has 0 unspecified atom stereocenters. The smallest absolute Gasteiger partial charge is 0.255 e. The van der Waals surface area contributed by atoms with Gasteiger partial charge in [-0.2, -0.15) is 0 Å². The van der Waals surface area contributed by atoms with Gasteiger partial charge in [-0.05, 0) is 55.7 Å². The van der Waals surface area contributed by atoms with Crippen LogP contribution in [0, 0.1) is 5.82 Å². The van der Waals surface area contributed by atoms with Crippen molar-refractivity contribution in [3.63, 3.8) is 0 Å². The number of benzene rings is 2. The van der Waals surface area contributed by atoms with E-state index in [1.165, 1.54) is 6.07 Å². The van der Waals surface area contributed by atoms with Gasteiger partial charge in [-0.3, -0.25) is 9.59 Å². The van der Waals surface area contributed by atoms with Crippen molar-refractivity contribution >= 4 is 34.8 Å². The molecule has 2 aromatic rings. The fraction of sp³-hybridized carbons (Fsp3) is 0.333. The van der Waals surface area contributed by atoms with Gasteiger partial charge in [0.1, 0.15) is 5.82 Å². The molecule has 1 aliphatic rings. The summed E-state index contributed by atoms with van der Waals surface area (Å²) in [6, 6.07) is 9.06. The molecule has 0 saturated carbocycles. The molecule has 2 amide bonds. The van der Waals surface area contributed by atoms with Crippen molar-refractivity contribution in [1.29, 1.82) is 0 Å². The number of hydrogen-bond donors (Lipinski definition) is 1. The number of amides is 2. The van der Waals surface area contributed by atoms with Crippen LogP contribution in [0.4, 0.5) is 15.8 Å². The van der Waals surface area contributed by atoms with Gasteiger partial charge in [0, 0.05) is 37.8 Å². The summed E-state index contributed by atoms with van der Waals surface area (Å²) in [6.07, 6.45) is 3.06. The number of nitrogens with one attached hydrogen (secondary N) is 1. The Kier molecular flexibility index (Phi) is 6.19. The van der Waals surface area contributed by atoms with Crippen LogP contribution in [0.3, 0.4) is 0 Å². The minimum Gasteiger partial charge on any atom is -0.375 e. The Hall–Kier alpha value is -2.60. The number of halogens is 2. The molecule has 0 spiro atoms. The Labute approximate surface area is 169 Å². The van der Waals surface area contributed by atoms with Crippen molar-refractivity contribution in [3.8, 4) is 0 Å². The highest BCUT2D eigenvalue weighted by Gasteiger charge is 2.22. The Morgan fingerprint density at radius 1 is 1.07 bits per heavy atom. The molecule has 28 heavy (non-hydrogen) atoms. The first-order valence-corrected chi connectivity index (χ1v) is 9.61. The molecule has 5 nitrogen and oxygen atoms in total. The van der Waals surface area contributed by atoms with Crippen LogP contribution in [0.2, 0.25) is 5.02 Å². The third-order valence-electron chi connectivity index (χ3n) is 4.80. The van der Waals surface area contributed by atoms with Gasteiger partial charge in [0.2, 0.25) is 0 Å². The van der Waals surface area contributed by atoms with Gasteiger partial charge >= 0.3 is 0 Å². The Morgan fingerprint density at radius 3 is 2.43 bits per heavy atom. The van der Waals surface area contributed by atoms with Crippen LogP contribution in [0.1, 0.15) is 40.0 Å². The lowest BCUT2D eigenvalue weighted by atomic mass is 10.1. The standard InChI is InChI=1S/C21H23ClFN3O2/c1-25(2)19-9-6-14(12-17(19)23)20(27)24-18-13-15(22)7-8-16(18)21(28)26-10-4-3-5-11-26/h6-9,12-13H,3-5,10-11H2,1-2H3,(H,24,27). The molecule has 148 valence electrons. The van der Waals surface area contributed by atoms with Crippen LogP contribution in [-0.2, 0) is 0 Å². The highest BCUT2D eigenvalue weighted by Crippen LogP contribution is 2.25. The van der Waals surface area contributed by atoms with E-state index in [2.05, 4.69) is 5.32 Å². The van der Waals surface area contributed by atoms with Crippen LogP contribution in [-0.4, -0.2) is 43.9 Å². The SMILES string of the molecule is CN(C)c1ccc(C(=O)Nc2cc(Cl)ccc2C(=O)N2CCCCC2)cc1F. The van der Waals surface area contributed by atoms with Gasteiger partial charge in [-0.1, -0.05) is 11.6 Å². The van der Waals surface area contributed by atoms with Crippen molar-refractivity contribution in [1.82, 2.24) is 4.90 Å². The highest BCUT2D eigenvalue weighted by molar-refractivity contribution is 6.31. The maximum absolute atomic E-state index is 14.2. The summed E-state index contributed by atoms with van der Waals surface area (Å²) in [5, 5.41) is 3.11. The van der Waals surface area contributed by atoms with Gasteiger partial charge < -0.3 is 15.1 Å². The molecule has 7 heteroatoms. The molecule has 1 saturated heterocycles. The number of likely N-dealkylation sites (tertiary alicyclic amines) is 1. The quantitative estimate of drug-likeness (QED) is 0.821. The van der Waals surface area contributed by atoms with E-state index in [1.807, 2.05) is 0 Å². The number of hydrogen-bond acceptors (Lipinski definition) is 3. The summed E-state index contributed by atoms with van der Waals surface area (Å²) in [7, 11) is 3.45. The van der Waals surface area contributed by atoms with Crippen LogP contribution in [0.15, 0.2) is 36.4 Å². The Bertz CT molecular complexity index is 895. The second kappa shape index (κ2) is 8.61. The van der Waals surface area contributed by atoms with E-state index in [9.17, 15) is 14.0 Å². The van der Waals surface area contributed by atoms with Gasteiger partial charge in [0.05, 0.1) is 16.9 Å². The molecule has 0 aromatic heterocycles. The maximum atomic E-state index is 14.2. The van der Waals surface area contributed by atoms with Crippen molar-refractivity contribution in [2.45, 2.75) is 19.3 Å². The van der Waals surface area contributed by atoms with E-state index in [4.69, 9.17) is 11.6 Å². The summed E-state index contributed by atoms with van der Waals surface area (Å²) in [5.41, 5.74) is 1.26. The zero-order valence-corrected chi connectivity index (χ0v) is 16.7. The summed E-state index contributed by atoms with van der Waals surface area (Å²) in [4.78, 5) is 29.0. The van der Waals surface area contributed by atoms with Crippen LogP contribution in [0.5, 0.6) is 0 Å². The van der Waals surface area contributed by atoms with Crippen molar-refractivity contribution < 1.29 is 14.0 Å². The monoisotopic (exact) mass is 403 g/mol. The minimum atomic E-state index is -0.501. The van der Waals surface area contributed by atoms with E-state index in [1.54, 1.807) is 54.2 Å². The normalized spacial score (nSPS) is 13.9. The third-order valence-corrected chi connectivity index (χ3v) is 5.03. The summed E-state index contributed by atoms with van der Waals surface area (Å²) >= 11 is 6.08. The Morgan fingerprint density at radius 2 is 1.79 bits per heavy atom. The van der Waals surface area contributed by atoms with E-state index in [0.717, 1.165) is 19.3 Å². The van der Waals surface area contributed by atoms with E-state index < -0.39 is 11.7 Å². The number of carbonyl (C=O) groups excluding carboxylic acids is 2. The Balaban J connectivity index is 1.85. The van der Waals surface area contributed by atoms with Crippen LogP contribution in [0.25, 0.3) is 0 Å². The predicted octanol–water partition coefficient (Wildman–Crippen LogP) is 4.42. The fourth-order valence-electron chi connectivity index (χ4n) is 3.28. The fourth-order valence-corrected chi connectivity index (χ4v) is 3.45. The number of nitrogens with zero attached hydrogens (tertiary/aromatic N) is 2. The van der Waals surface area contributed by atoms with Gasteiger partial charge in [-0.15, -0.1) is 0 Å². The van der Waals surface area contributed by atoms with Crippen LogP contribution >= 0.6 is 11.6 Å². The molecular weight excluding hydrogens is 381 g/mol. The molecule has 2 aromatic carbocycles. The summed E-state index contributed by atoms with van der Waals surface area (Å²) < 4.78 is 14.2. The first kappa shape index (κ1) is 20.1. The molecule has 0 bridgehead atoms. The molecular formula is C21H23ClFN3O2. The van der Waals surface area contributed by atoms with E-state index in [-0.39, 0.29) is 11.5 Å². The molecule has 1 fully saturated rings. The lowest BCUT2D eigenvalue weighted by Crippen LogP contribution is -2.36. The first-order chi connectivity index (χ1) is 13.4. The molecule has 0 aliphatic carbocycles. The van der Waals surface area contributed by atoms with Gasteiger partial charge in [0.25, 0.3) is 11.8 Å². The van der Waals surface area contributed by atoms with Gasteiger partial charge in [-0.25, -0.2) is 4.39 Å². The lowest BCUT2D eigenvalue weighted by molar-refractivity contribution is 0.0725. The average molecular weight is 404 g/mol. The number of carbonyl (C=O) groups is 2. The molecule has 1 heterocycles. The highest BCUT2D eigenvalue weighted by atomic mass is 35.5. The van der Waals surface area contributed by atoms with E-state index >= 15 is 0 Å². The molecule has 1 N–H and O–H groups in total. The average Bonchev–Trinajstić information content (AvgIpc) is 2.68. The van der Waals surface area contributed by atoms with E-state index in [0.29, 0.717) is 35.1 Å². The number of rotatable bonds is 4. The largest absolute Gasteiger partial charge is 0.375 e. The van der Waals surface area contributed by atoms with Crippen LogP contribution < -0.4 is 10.2 Å². The minimum absolute atomic E-state index is 0.138. The second-order valence-electron chi connectivity index (χ2n) is 7.06. The molecule has 0 radical (unpaired) electrons. The topological polar surface area (TPSA) is 52.7 Å². The number of anilines is 2. The van der Waals surface area contributed by atoms with Gasteiger partial charge in [0.15, 0.2) is 0 Å².